The standard InChI is InChI=1S/C14H20FNO2/c1-4-12(5-2)16-14(17)9-18-13-8-11(15)7-6-10(13)3/h6-8,12H,4-5,9H2,1-3H3,(H,16,17). The Bertz CT molecular complexity index is 403. The van der Waals surface area contributed by atoms with Gasteiger partial charge in [-0.1, -0.05) is 19.9 Å². The number of nitrogens with one attached hydrogen (secondary N) is 1. The van der Waals surface area contributed by atoms with E-state index < -0.39 is 0 Å². The molecule has 3 nitrogen and oxygen atoms in total. The van der Waals surface area contributed by atoms with E-state index >= 15 is 0 Å². The molecule has 0 atom stereocenters. The van der Waals surface area contributed by atoms with Gasteiger partial charge in [-0.15, -0.1) is 0 Å². The van der Waals surface area contributed by atoms with Gasteiger partial charge in [0.25, 0.3) is 5.91 Å². The van der Waals surface area contributed by atoms with E-state index in [-0.39, 0.29) is 24.4 Å². The van der Waals surface area contributed by atoms with Crippen molar-refractivity contribution in [3.63, 3.8) is 0 Å². The van der Waals surface area contributed by atoms with Gasteiger partial charge in [0, 0.05) is 12.1 Å². The molecular weight excluding hydrogens is 233 g/mol. The van der Waals surface area contributed by atoms with Gasteiger partial charge in [-0.05, 0) is 31.4 Å². The monoisotopic (exact) mass is 253 g/mol. The van der Waals surface area contributed by atoms with E-state index in [4.69, 9.17) is 4.74 Å². The summed E-state index contributed by atoms with van der Waals surface area (Å²) in [6.07, 6.45) is 1.78. The summed E-state index contributed by atoms with van der Waals surface area (Å²) >= 11 is 0. The third-order valence-electron chi connectivity index (χ3n) is 2.86. The highest BCUT2D eigenvalue weighted by Gasteiger charge is 2.09. The second-order valence-corrected chi connectivity index (χ2v) is 4.28. The van der Waals surface area contributed by atoms with Crippen LogP contribution in [0.4, 0.5) is 4.39 Å². The fraction of sp³-hybridized carbons (Fsp3) is 0.500. The molecule has 1 amide bonds. The maximum atomic E-state index is 13.0. The lowest BCUT2D eigenvalue weighted by molar-refractivity contribution is -0.123. The van der Waals surface area contributed by atoms with E-state index in [0.717, 1.165) is 18.4 Å². The summed E-state index contributed by atoms with van der Waals surface area (Å²) in [5.74, 6) is -0.127. The first-order valence-electron chi connectivity index (χ1n) is 6.25. The molecular formula is C14H20FNO2. The molecule has 0 heterocycles. The van der Waals surface area contributed by atoms with Crippen molar-refractivity contribution in [3.05, 3.63) is 29.6 Å². The number of hydrogen-bond donors (Lipinski definition) is 1. The lowest BCUT2D eigenvalue weighted by Gasteiger charge is -2.15. The van der Waals surface area contributed by atoms with Crippen molar-refractivity contribution in [1.82, 2.24) is 5.32 Å². The Kier molecular flexibility index (Phi) is 5.62. The molecule has 0 aliphatic heterocycles. The molecule has 0 aliphatic rings. The van der Waals surface area contributed by atoms with Crippen LogP contribution in [-0.4, -0.2) is 18.6 Å². The van der Waals surface area contributed by atoms with Crippen LogP contribution in [0.25, 0.3) is 0 Å². The molecule has 0 saturated carbocycles. The molecule has 1 aromatic carbocycles. The second-order valence-electron chi connectivity index (χ2n) is 4.28. The van der Waals surface area contributed by atoms with Gasteiger partial charge < -0.3 is 10.1 Å². The molecule has 0 fully saturated rings. The lowest BCUT2D eigenvalue weighted by Crippen LogP contribution is -2.37. The topological polar surface area (TPSA) is 38.3 Å². The van der Waals surface area contributed by atoms with Crippen molar-refractivity contribution >= 4 is 5.91 Å². The van der Waals surface area contributed by atoms with Gasteiger partial charge in [0.1, 0.15) is 11.6 Å². The summed E-state index contributed by atoms with van der Waals surface area (Å²) in [6, 6.07) is 4.46. The number of rotatable bonds is 6. The van der Waals surface area contributed by atoms with E-state index in [1.54, 1.807) is 6.07 Å². The highest BCUT2D eigenvalue weighted by Crippen LogP contribution is 2.18. The highest BCUT2D eigenvalue weighted by atomic mass is 19.1. The van der Waals surface area contributed by atoms with E-state index in [1.807, 2.05) is 20.8 Å². The van der Waals surface area contributed by atoms with Crippen LogP contribution in [0.1, 0.15) is 32.3 Å². The minimum atomic E-state index is -0.365. The zero-order valence-corrected chi connectivity index (χ0v) is 11.1. The van der Waals surface area contributed by atoms with Gasteiger partial charge in [0.05, 0.1) is 0 Å². The average Bonchev–Trinajstić information content (AvgIpc) is 2.37. The summed E-state index contributed by atoms with van der Waals surface area (Å²) in [6.45, 7) is 5.77. The van der Waals surface area contributed by atoms with Gasteiger partial charge in [0.15, 0.2) is 6.61 Å². The van der Waals surface area contributed by atoms with Crippen molar-refractivity contribution in [3.8, 4) is 5.75 Å². The fourth-order valence-corrected chi connectivity index (χ4v) is 1.63. The normalized spacial score (nSPS) is 10.5. The minimum Gasteiger partial charge on any atom is -0.483 e. The van der Waals surface area contributed by atoms with E-state index in [0.29, 0.717) is 5.75 Å². The Hall–Kier alpha value is -1.58. The van der Waals surface area contributed by atoms with Crippen molar-refractivity contribution < 1.29 is 13.9 Å². The van der Waals surface area contributed by atoms with Crippen LogP contribution in [0.3, 0.4) is 0 Å². The number of aryl methyl sites for hydroxylation is 1. The number of amides is 1. The predicted octanol–water partition coefficient (Wildman–Crippen LogP) is 2.82. The van der Waals surface area contributed by atoms with Gasteiger partial charge in [-0.2, -0.15) is 0 Å². The molecule has 0 aliphatic carbocycles. The third kappa shape index (κ3) is 4.35. The summed E-state index contributed by atoms with van der Waals surface area (Å²) < 4.78 is 18.3. The molecule has 100 valence electrons. The van der Waals surface area contributed by atoms with Gasteiger partial charge in [-0.25, -0.2) is 4.39 Å². The molecule has 0 radical (unpaired) electrons. The predicted molar refractivity (Wildman–Crippen MR) is 69.1 cm³/mol. The zero-order chi connectivity index (χ0) is 13.5. The molecule has 0 aromatic heterocycles. The first kappa shape index (κ1) is 14.5. The summed E-state index contributed by atoms with van der Waals surface area (Å²) in [4.78, 5) is 11.6. The van der Waals surface area contributed by atoms with Gasteiger partial charge in [0.2, 0.25) is 0 Å². The van der Waals surface area contributed by atoms with E-state index in [2.05, 4.69) is 5.32 Å². The first-order chi connectivity index (χ1) is 8.56. The van der Waals surface area contributed by atoms with Crippen LogP contribution in [0.2, 0.25) is 0 Å². The lowest BCUT2D eigenvalue weighted by atomic mass is 10.2. The van der Waals surface area contributed by atoms with Gasteiger partial charge >= 0.3 is 0 Å². The van der Waals surface area contributed by atoms with Crippen molar-refractivity contribution in [1.29, 1.82) is 0 Å². The minimum absolute atomic E-state index is 0.0825. The fourth-order valence-electron chi connectivity index (χ4n) is 1.63. The SMILES string of the molecule is CCC(CC)NC(=O)COc1cc(F)ccc1C. The second kappa shape index (κ2) is 6.99. The highest BCUT2D eigenvalue weighted by molar-refractivity contribution is 5.77. The molecule has 1 aromatic rings. The molecule has 0 saturated heterocycles. The van der Waals surface area contributed by atoms with Crippen molar-refractivity contribution in [2.24, 2.45) is 0 Å². The molecule has 0 bridgehead atoms. The first-order valence-corrected chi connectivity index (χ1v) is 6.25. The van der Waals surface area contributed by atoms with Crippen LogP contribution in [0.15, 0.2) is 18.2 Å². The largest absolute Gasteiger partial charge is 0.483 e. The molecule has 0 unspecified atom stereocenters. The van der Waals surface area contributed by atoms with Crippen LogP contribution < -0.4 is 10.1 Å². The number of halogens is 1. The summed E-state index contributed by atoms with van der Waals surface area (Å²) in [5.41, 5.74) is 0.812. The maximum Gasteiger partial charge on any atom is 0.258 e. The number of hydrogen-bond acceptors (Lipinski definition) is 2. The number of ether oxygens (including phenoxy) is 1. The molecule has 1 rings (SSSR count). The van der Waals surface area contributed by atoms with Crippen LogP contribution in [0, 0.1) is 12.7 Å². The van der Waals surface area contributed by atoms with Crippen LogP contribution in [0.5, 0.6) is 5.75 Å². The van der Waals surface area contributed by atoms with E-state index in [1.165, 1.54) is 12.1 Å². The average molecular weight is 253 g/mol. The molecule has 18 heavy (non-hydrogen) atoms. The summed E-state index contributed by atoms with van der Waals surface area (Å²) in [7, 11) is 0. The number of benzene rings is 1. The molecule has 0 spiro atoms. The third-order valence-corrected chi connectivity index (χ3v) is 2.86. The van der Waals surface area contributed by atoms with Gasteiger partial charge in [-0.3, -0.25) is 4.79 Å². The smallest absolute Gasteiger partial charge is 0.258 e. The Morgan fingerprint density at radius 1 is 1.39 bits per heavy atom. The number of carbonyl (C=O) groups excluding carboxylic acids is 1. The zero-order valence-electron chi connectivity index (χ0n) is 11.1. The quantitative estimate of drug-likeness (QED) is 0.846. The maximum absolute atomic E-state index is 13.0. The Morgan fingerprint density at radius 2 is 2.06 bits per heavy atom. The van der Waals surface area contributed by atoms with E-state index in [9.17, 15) is 9.18 Å². The van der Waals surface area contributed by atoms with Crippen LogP contribution in [-0.2, 0) is 4.79 Å². The summed E-state index contributed by atoms with van der Waals surface area (Å²) in [5, 5.41) is 2.86. The van der Waals surface area contributed by atoms with Crippen molar-refractivity contribution in [2.75, 3.05) is 6.61 Å². The Labute approximate surface area is 107 Å². The number of carbonyl (C=O) groups is 1. The molecule has 1 N–H and O–H groups in total. The Balaban J connectivity index is 2.49. The van der Waals surface area contributed by atoms with Crippen molar-refractivity contribution in [2.45, 2.75) is 39.7 Å². The van der Waals surface area contributed by atoms with Crippen LogP contribution >= 0.6 is 0 Å². The Morgan fingerprint density at radius 3 is 2.67 bits per heavy atom. The molecule has 4 heteroatoms.